The Balaban J connectivity index is 1.37. The molecule has 1 N–H and O–H groups in total. The Bertz CT molecular complexity index is 1240. The van der Waals surface area contributed by atoms with Crippen molar-refractivity contribution in [2.45, 2.75) is 58.4 Å². The van der Waals surface area contributed by atoms with Crippen molar-refractivity contribution < 1.29 is 4.79 Å². The molecule has 1 aromatic carbocycles. The minimum absolute atomic E-state index is 0.0688. The van der Waals surface area contributed by atoms with Crippen LogP contribution in [0.15, 0.2) is 42.6 Å². The fourth-order valence-corrected chi connectivity index (χ4v) is 4.59. The third-order valence-electron chi connectivity index (χ3n) is 6.36. The van der Waals surface area contributed by atoms with E-state index < -0.39 is 0 Å². The smallest absolute Gasteiger partial charge is 0.217 e. The molecule has 3 aromatic heterocycles. The molecule has 174 valence electrons. The van der Waals surface area contributed by atoms with E-state index in [1.54, 1.807) is 0 Å². The SMILES string of the molecule is CCCc1nc(C(=O)C2CCCCC2)nn1Cc1ccc(-c2ccccc2-c2nn[nH]n2)nc1. The molecule has 1 fully saturated rings. The molecule has 5 rings (SSSR count). The Morgan fingerprint density at radius 2 is 1.91 bits per heavy atom. The maximum absolute atomic E-state index is 13.0. The predicted molar refractivity (Wildman–Crippen MR) is 127 cm³/mol. The van der Waals surface area contributed by atoms with Gasteiger partial charge in [0.1, 0.15) is 5.82 Å². The number of hydrogen-bond donors (Lipinski definition) is 1. The summed E-state index contributed by atoms with van der Waals surface area (Å²) >= 11 is 0. The second-order valence-corrected chi connectivity index (χ2v) is 8.79. The number of nitrogens with one attached hydrogen (secondary N) is 1. The number of benzene rings is 1. The molecule has 1 aliphatic rings. The highest BCUT2D eigenvalue weighted by Crippen LogP contribution is 2.29. The highest BCUT2D eigenvalue weighted by Gasteiger charge is 2.26. The first kappa shape index (κ1) is 22.1. The lowest BCUT2D eigenvalue weighted by Gasteiger charge is -2.18. The maximum atomic E-state index is 13.0. The first-order valence-electron chi connectivity index (χ1n) is 12.0. The third kappa shape index (κ3) is 4.64. The van der Waals surface area contributed by atoms with Crippen molar-refractivity contribution in [3.63, 3.8) is 0 Å². The van der Waals surface area contributed by atoms with Crippen LogP contribution in [0.2, 0.25) is 0 Å². The lowest BCUT2D eigenvalue weighted by molar-refractivity contribution is 0.0878. The summed E-state index contributed by atoms with van der Waals surface area (Å²) in [6.45, 7) is 2.64. The van der Waals surface area contributed by atoms with Crippen molar-refractivity contribution in [1.82, 2.24) is 40.4 Å². The number of ketones is 1. The zero-order valence-corrected chi connectivity index (χ0v) is 19.3. The standard InChI is InChI=1S/C25H28N8O/c1-2-8-22-27-25(23(34)18-9-4-3-5-10-18)30-33(22)16-17-13-14-21(26-15-17)19-11-6-7-12-20(19)24-28-31-32-29-24/h6-7,11-15,18H,2-5,8-10,16H2,1H3,(H,28,29,31,32). The Kier molecular flexibility index (Phi) is 6.51. The molecule has 4 aromatic rings. The number of nitrogens with zero attached hydrogens (tertiary/aromatic N) is 7. The molecule has 0 amide bonds. The molecule has 9 heteroatoms. The van der Waals surface area contributed by atoms with Gasteiger partial charge in [0, 0.05) is 29.7 Å². The average Bonchev–Trinajstić information content (AvgIpc) is 3.56. The molecule has 1 saturated carbocycles. The van der Waals surface area contributed by atoms with Crippen molar-refractivity contribution in [2.24, 2.45) is 5.92 Å². The quantitative estimate of drug-likeness (QED) is 0.393. The van der Waals surface area contributed by atoms with Crippen molar-refractivity contribution >= 4 is 5.78 Å². The highest BCUT2D eigenvalue weighted by atomic mass is 16.1. The first-order valence-corrected chi connectivity index (χ1v) is 12.0. The number of rotatable bonds is 8. The number of hydrogen-bond acceptors (Lipinski definition) is 7. The normalized spacial score (nSPS) is 14.4. The van der Waals surface area contributed by atoms with E-state index in [-0.39, 0.29) is 11.7 Å². The number of Topliss-reactive ketones (excluding diaryl/α,β-unsaturated/α-hetero) is 1. The summed E-state index contributed by atoms with van der Waals surface area (Å²) < 4.78 is 1.86. The van der Waals surface area contributed by atoms with E-state index in [1.165, 1.54) is 6.42 Å². The van der Waals surface area contributed by atoms with Crippen LogP contribution < -0.4 is 0 Å². The third-order valence-corrected chi connectivity index (χ3v) is 6.36. The van der Waals surface area contributed by atoms with Crippen LogP contribution in [0, 0.1) is 5.92 Å². The van der Waals surface area contributed by atoms with Gasteiger partial charge in [0.05, 0.1) is 12.2 Å². The van der Waals surface area contributed by atoms with E-state index in [9.17, 15) is 4.79 Å². The van der Waals surface area contributed by atoms with Gasteiger partial charge in [-0.1, -0.05) is 56.5 Å². The van der Waals surface area contributed by atoms with Crippen LogP contribution in [-0.2, 0) is 13.0 Å². The molecule has 0 atom stereocenters. The molecule has 0 bridgehead atoms. The number of aryl methyl sites for hydroxylation is 1. The number of tetrazole rings is 1. The first-order chi connectivity index (χ1) is 16.7. The van der Waals surface area contributed by atoms with Gasteiger partial charge < -0.3 is 0 Å². The molecule has 34 heavy (non-hydrogen) atoms. The van der Waals surface area contributed by atoms with Gasteiger partial charge >= 0.3 is 0 Å². The summed E-state index contributed by atoms with van der Waals surface area (Å²) in [5.74, 6) is 1.92. The summed E-state index contributed by atoms with van der Waals surface area (Å²) in [5, 5.41) is 19.0. The second kappa shape index (κ2) is 10.0. The lowest BCUT2D eigenvalue weighted by Crippen LogP contribution is -2.19. The van der Waals surface area contributed by atoms with Crippen molar-refractivity contribution in [1.29, 1.82) is 0 Å². The number of carbonyl (C=O) groups excluding carboxylic acids is 1. The average molecular weight is 457 g/mol. The summed E-state index contributed by atoms with van der Waals surface area (Å²) in [4.78, 5) is 22.3. The van der Waals surface area contributed by atoms with Gasteiger partial charge in [0.2, 0.25) is 17.4 Å². The van der Waals surface area contributed by atoms with Crippen LogP contribution in [0.3, 0.4) is 0 Å². The number of H-pyrrole nitrogens is 1. The summed E-state index contributed by atoms with van der Waals surface area (Å²) in [6, 6.07) is 11.9. The van der Waals surface area contributed by atoms with Crippen LogP contribution in [0.1, 0.15) is 67.5 Å². The molecule has 0 spiro atoms. The van der Waals surface area contributed by atoms with Crippen molar-refractivity contribution in [3.05, 3.63) is 59.8 Å². The molecule has 0 aliphatic heterocycles. The van der Waals surface area contributed by atoms with E-state index >= 15 is 0 Å². The Labute approximate surface area is 198 Å². The molecule has 0 radical (unpaired) electrons. The maximum Gasteiger partial charge on any atom is 0.217 e. The molecule has 0 saturated heterocycles. The number of aromatic nitrogens is 8. The second-order valence-electron chi connectivity index (χ2n) is 8.79. The number of carbonyl (C=O) groups is 1. The van der Waals surface area contributed by atoms with Gasteiger partial charge in [-0.25, -0.2) is 9.67 Å². The van der Waals surface area contributed by atoms with Crippen LogP contribution in [0.25, 0.3) is 22.6 Å². The largest absolute Gasteiger partial charge is 0.290 e. The highest BCUT2D eigenvalue weighted by molar-refractivity contribution is 5.94. The Morgan fingerprint density at radius 1 is 1.09 bits per heavy atom. The summed E-state index contributed by atoms with van der Waals surface area (Å²) in [5.41, 5.74) is 3.62. The monoisotopic (exact) mass is 456 g/mol. The summed E-state index contributed by atoms with van der Waals surface area (Å²) in [7, 11) is 0. The number of aromatic amines is 1. The van der Waals surface area contributed by atoms with E-state index in [0.717, 1.165) is 66.7 Å². The van der Waals surface area contributed by atoms with Gasteiger partial charge in [-0.2, -0.15) is 5.21 Å². The van der Waals surface area contributed by atoms with E-state index in [2.05, 4.69) is 37.6 Å². The van der Waals surface area contributed by atoms with Gasteiger partial charge in [-0.15, -0.1) is 15.3 Å². The van der Waals surface area contributed by atoms with Gasteiger partial charge in [-0.3, -0.25) is 9.78 Å². The molecular weight excluding hydrogens is 428 g/mol. The van der Waals surface area contributed by atoms with E-state index in [1.807, 2.05) is 47.3 Å². The van der Waals surface area contributed by atoms with Crippen LogP contribution in [0.4, 0.5) is 0 Å². The van der Waals surface area contributed by atoms with Crippen LogP contribution >= 0.6 is 0 Å². The van der Waals surface area contributed by atoms with Gasteiger partial charge in [-0.05, 0) is 36.1 Å². The molecule has 1 aliphatic carbocycles. The Morgan fingerprint density at radius 3 is 2.62 bits per heavy atom. The Hall–Kier alpha value is -3.75. The fraction of sp³-hybridized carbons (Fsp3) is 0.400. The molecule has 9 nitrogen and oxygen atoms in total. The van der Waals surface area contributed by atoms with E-state index in [4.69, 9.17) is 4.98 Å². The molecular formula is C25H28N8O. The zero-order valence-electron chi connectivity index (χ0n) is 19.3. The minimum atomic E-state index is 0.0688. The van der Waals surface area contributed by atoms with Gasteiger partial charge in [0.15, 0.2) is 0 Å². The lowest BCUT2D eigenvalue weighted by atomic mass is 9.86. The topological polar surface area (TPSA) is 115 Å². The number of pyridine rings is 1. The summed E-state index contributed by atoms with van der Waals surface area (Å²) in [6.07, 6.45) is 8.94. The van der Waals surface area contributed by atoms with Crippen LogP contribution in [0.5, 0.6) is 0 Å². The van der Waals surface area contributed by atoms with E-state index in [0.29, 0.717) is 18.2 Å². The molecule has 0 unspecified atom stereocenters. The predicted octanol–water partition coefficient (Wildman–Crippen LogP) is 4.28. The molecule has 3 heterocycles. The fourth-order valence-electron chi connectivity index (χ4n) is 4.59. The van der Waals surface area contributed by atoms with Gasteiger partial charge in [0.25, 0.3) is 0 Å². The van der Waals surface area contributed by atoms with Crippen molar-refractivity contribution in [2.75, 3.05) is 0 Å². The van der Waals surface area contributed by atoms with Crippen molar-refractivity contribution in [3.8, 4) is 22.6 Å². The zero-order chi connectivity index (χ0) is 23.3. The van der Waals surface area contributed by atoms with Crippen LogP contribution in [-0.4, -0.2) is 46.2 Å². The minimum Gasteiger partial charge on any atom is -0.290 e.